The van der Waals surface area contributed by atoms with Gasteiger partial charge in [0, 0.05) is 94.0 Å². The molecule has 1 amide bonds. The number of amides is 1. The molecule has 0 radical (unpaired) electrons. The van der Waals surface area contributed by atoms with Gasteiger partial charge in [-0.05, 0) is 111 Å². The molecule has 2 saturated carbocycles. The maximum absolute atomic E-state index is 14.0. The Morgan fingerprint density at radius 2 is 1.75 bits per heavy atom. The fourth-order valence-electron chi connectivity index (χ4n) is 10.4. The highest BCUT2D eigenvalue weighted by Crippen LogP contribution is 2.54. The fourth-order valence-corrected chi connectivity index (χ4v) is 11.3. The van der Waals surface area contributed by atoms with Crippen LogP contribution in [0.5, 0.6) is 11.5 Å². The van der Waals surface area contributed by atoms with E-state index in [1.165, 1.54) is 31.2 Å². The molecule has 3 N–H and O–H groups in total. The number of anilines is 2. The van der Waals surface area contributed by atoms with Gasteiger partial charge in [0.25, 0.3) is 15.9 Å². The second-order valence-corrected chi connectivity index (χ2v) is 20.2. The van der Waals surface area contributed by atoms with Gasteiger partial charge in [-0.2, -0.15) is 0 Å². The molecule has 64 heavy (non-hydrogen) atoms. The predicted octanol–water partition coefficient (Wildman–Crippen LogP) is 7.23. The summed E-state index contributed by atoms with van der Waals surface area (Å²) in [5.74, 6) is 0.466. The SMILES string of the molecule is CN1CCN(C2CC3(CCN(c4ccc(C(=O)NS(=O)(=O)c5cnc(NCC6CCOCC6)c([N+](=O)[O-])c5)c(Oc5cnc6[nH]ccc6c5)c4)CC3)C2)[C@H](c2ccccc2C2CC2)C1. The maximum atomic E-state index is 14.0. The standard InChI is InChI=1S/C47H55N9O7S/c1-53-18-19-55(42(30-53)39-5-3-2-4-38(39)32-6-7-32)35-25-47(26-35)13-16-54(17-14-47)34-8-9-40(43(23-34)63-36-22-33-10-15-48-44(33)50-28-36)46(57)52-64(60,61)37-24-41(56(58)59)45(51-29-37)49-27-31-11-20-62-21-12-31/h2-5,8-10,15,22-24,28-29,31-32,35,42H,6-7,11-14,16-21,25-27,30H2,1H3,(H,48,50)(H,49,51)(H,52,57)/t42-/m0/s1. The molecule has 0 unspecified atom stereocenters. The van der Waals surface area contributed by atoms with Crippen molar-refractivity contribution in [3.8, 4) is 11.5 Å². The molecule has 6 heterocycles. The van der Waals surface area contributed by atoms with E-state index >= 15 is 0 Å². The number of ether oxygens (including phenoxy) is 2. The molecule has 10 rings (SSSR count). The minimum absolute atomic E-state index is 0.0287. The van der Waals surface area contributed by atoms with E-state index in [0.717, 1.165) is 81.7 Å². The Morgan fingerprint density at radius 3 is 2.52 bits per heavy atom. The molecule has 336 valence electrons. The second kappa shape index (κ2) is 17.4. The average molecular weight is 890 g/mol. The number of hydrogen-bond donors (Lipinski definition) is 3. The number of pyridine rings is 2. The van der Waals surface area contributed by atoms with Crippen LogP contribution in [0.2, 0.25) is 0 Å². The Kier molecular flexibility index (Phi) is 11.5. The van der Waals surface area contributed by atoms with Crippen molar-refractivity contribution in [1.82, 2.24) is 29.5 Å². The first kappa shape index (κ1) is 42.3. The first-order valence-electron chi connectivity index (χ1n) is 22.6. The average Bonchev–Trinajstić information content (AvgIpc) is 4.04. The molecule has 1 atom stereocenters. The summed E-state index contributed by atoms with van der Waals surface area (Å²) in [7, 11) is -2.36. The van der Waals surface area contributed by atoms with Crippen LogP contribution in [0, 0.1) is 21.4 Å². The van der Waals surface area contributed by atoms with Crippen LogP contribution in [0.1, 0.15) is 84.8 Å². The lowest BCUT2D eigenvalue weighted by molar-refractivity contribution is -0.384. The molecule has 3 aliphatic heterocycles. The lowest BCUT2D eigenvalue weighted by atomic mass is 9.59. The van der Waals surface area contributed by atoms with E-state index in [4.69, 9.17) is 9.47 Å². The van der Waals surface area contributed by atoms with Gasteiger partial charge >= 0.3 is 5.69 Å². The summed E-state index contributed by atoms with van der Waals surface area (Å²) in [5, 5.41) is 15.9. The summed E-state index contributed by atoms with van der Waals surface area (Å²) >= 11 is 0. The molecular weight excluding hydrogens is 835 g/mol. The van der Waals surface area contributed by atoms with Crippen LogP contribution in [-0.2, 0) is 14.8 Å². The van der Waals surface area contributed by atoms with Gasteiger partial charge in [-0.3, -0.25) is 19.8 Å². The number of nitrogens with one attached hydrogen (secondary N) is 3. The van der Waals surface area contributed by atoms with E-state index in [2.05, 4.69) is 71.0 Å². The zero-order valence-corrected chi connectivity index (χ0v) is 36.9. The van der Waals surface area contributed by atoms with E-state index in [1.54, 1.807) is 36.2 Å². The van der Waals surface area contributed by atoms with Crippen molar-refractivity contribution >= 4 is 44.2 Å². The molecule has 3 aromatic heterocycles. The molecule has 0 bridgehead atoms. The number of carbonyl (C=O) groups is 1. The first-order valence-corrected chi connectivity index (χ1v) is 24.1. The van der Waals surface area contributed by atoms with Crippen molar-refractivity contribution in [3.63, 3.8) is 0 Å². The predicted molar refractivity (Wildman–Crippen MR) is 242 cm³/mol. The zero-order chi connectivity index (χ0) is 44.0. The van der Waals surface area contributed by atoms with E-state index in [9.17, 15) is 23.3 Å². The normalized spacial score (nSPS) is 21.1. The number of piperazine rings is 1. The molecular formula is C47H55N9O7S. The largest absolute Gasteiger partial charge is 0.455 e. The van der Waals surface area contributed by atoms with Crippen LogP contribution in [-0.4, -0.2) is 110 Å². The number of H-pyrrole nitrogens is 1. The Labute approximate surface area is 372 Å². The number of sulfonamides is 1. The minimum atomic E-state index is -4.60. The third kappa shape index (κ3) is 8.77. The van der Waals surface area contributed by atoms with Crippen molar-refractivity contribution in [1.29, 1.82) is 0 Å². The molecule has 3 saturated heterocycles. The van der Waals surface area contributed by atoms with Crippen molar-refractivity contribution in [2.24, 2.45) is 11.3 Å². The van der Waals surface area contributed by atoms with Gasteiger partial charge < -0.3 is 29.6 Å². The molecule has 5 aromatic rings. The first-order chi connectivity index (χ1) is 31.0. The molecule has 1 spiro atoms. The number of hydrogen-bond acceptors (Lipinski definition) is 13. The Bertz CT molecular complexity index is 2650. The number of carbonyl (C=O) groups excluding carboxylic acids is 1. The number of nitro groups is 1. The third-order valence-electron chi connectivity index (χ3n) is 14.3. The summed E-state index contributed by atoms with van der Waals surface area (Å²) < 4.78 is 41.2. The van der Waals surface area contributed by atoms with E-state index in [1.807, 2.05) is 12.1 Å². The molecule has 5 aliphatic rings. The Balaban J connectivity index is 0.844. The number of likely N-dealkylation sites (N-methyl/N-ethyl adjacent to an activating group) is 1. The number of piperidine rings is 1. The van der Waals surface area contributed by atoms with Gasteiger partial charge in [0.15, 0.2) is 0 Å². The highest BCUT2D eigenvalue weighted by atomic mass is 32.2. The van der Waals surface area contributed by atoms with Crippen LogP contribution >= 0.6 is 0 Å². The molecule has 5 fully saturated rings. The maximum Gasteiger partial charge on any atom is 0.312 e. The van der Waals surface area contributed by atoms with Crippen molar-refractivity contribution in [3.05, 3.63) is 106 Å². The third-order valence-corrected chi connectivity index (χ3v) is 15.6. The number of fused-ring (bicyclic) bond motifs is 1. The monoisotopic (exact) mass is 889 g/mol. The molecule has 2 aliphatic carbocycles. The van der Waals surface area contributed by atoms with Gasteiger partial charge in [-0.1, -0.05) is 24.3 Å². The highest BCUT2D eigenvalue weighted by molar-refractivity contribution is 7.90. The topological polar surface area (TPSA) is 188 Å². The number of rotatable bonds is 13. The van der Waals surface area contributed by atoms with Crippen LogP contribution in [0.3, 0.4) is 0 Å². The van der Waals surface area contributed by atoms with Gasteiger partial charge in [-0.25, -0.2) is 23.1 Å². The van der Waals surface area contributed by atoms with Crippen molar-refractivity contribution in [2.75, 3.05) is 69.7 Å². The quantitative estimate of drug-likeness (QED) is 0.0795. The zero-order valence-electron chi connectivity index (χ0n) is 36.1. The summed E-state index contributed by atoms with van der Waals surface area (Å²) in [4.78, 5) is 44.0. The van der Waals surface area contributed by atoms with Gasteiger partial charge in [0.05, 0.1) is 22.9 Å². The lowest BCUT2D eigenvalue weighted by Crippen LogP contribution is -2.59. The highest BCUT2D eigenvalue weighted by Gasteiger charge is 2.50. The number of nitrogens with zero attached hydrogens (tertiary/aromatic N) is 6. The van der Waals surface area contributed by atoms with E-state index in [-0.39, 0.29) is 23.0 Å². The summed E-state index contributed by atoms with van der Waals surface area (Å²) in [6.07, 6.45) is 13.0. The van der Waals surface area contributed by atoms with E-state index < -0.39 is 31.4 Å². The fraction of sp³-hybridized carbons (Fsp3) is 0.468. The molecule has 2 aromatic carbocycles. The second-order valence-electron chi connectivity index (χ2n) is 18.5. The lowest BCUT2D eigenvalue weighted by Gasteiger charge is -2.58. The van der Waals surface area contributed by atoms with Crippen LogP contribution in [0.4, 0.5) is 17.2 Å². The van der Waals surface area contributed by atoms with Gasteiger partial charge in [0.2, 0.25) is 5.82 Å². The Hall–Kier alpha value is -5.62. The number of benzene rings is 2. The van der Waals surface area contributed by atoms with Gasteiger partial charge in [0.1, 0.15) is 22.0 Å². The van der Waals surface area contributed by atoms with E-state index in [0.29, 0.717) is 54.6 Å². The van der Waals surface area contributed by atoms with Crippen LogP contribution < -0.4 is 19.7 Å². The minimum Gasteiger partial charge on any atom is -0.455 e. The molecule has 16 nitrogen and oxygen atoms in total. The number of aromatic amines is 1. The van der Waals surface area contributed by atoms with Gasteiger partial charge in [-0.15, -0.1) is 0 Å². The summed E-state index contributed by atoms with van der Waals surface area (Å²) in [6, 6.07) is 19.8. The summed E-state index contributed by atoms with van der Waals surface area (Å²) in [5.41, 5.74) is 4.35. The van der Waals surface area contributed by atoms with Crippen molar-refractivity contribution < 1.29 is 27.6 Å². The van der Waals surface area contributed by atoms with Crippen molar-refractivity contribution in [2.45, 2.75) is 74.3 Å². The molecule has 17 heteroatoms. The number of aromatic nitrogens is 3. The van der Waals surface area contributed by atoms with Crippen LogP contribution in [0.15, 0.2) is 84.1 Å². The van der Waals surface area contributed by atoms with Crippen LogP contribution in [0.25, 0.3) is 11.0 Å². The summed E-state index contributed by atoms with van der Waals surface area (Å²) in [6.45, 7) is 6.56. The Morgan fingerprint density at radius 1 is 0.969 bits per heavy atom. The smallest absolute Gasteiger partial charge is 0.312 e.